The monoisotopic (exact) mass is 343 g/mol. The van der Waals surface area contributed by atoms with Gasteiger partial charge in [-0.2, -0.15) is 0 Å². The second kappa shape index (κ2) is 5.87. The van der Waals surface area contributed by atoms with E-state index >= 15 is 0 Å². The summed E-state index contributed by atoms with van der Waals surface area (Å²) in [5.41, 5.74) is 1.91. The van der Waals surface area contributed by atoms with Crippen molar-refractivity contribution >= 4 is 21.6 Å². The predicted octanol–water partition coefficient (Wildman–Crippen LogP) is 5.35. The molecule has 1 nitrogen and oxygen atoms in total. The predicted molar refractivity (Wildman–Crippen MR) is 77.2 cm³/mol. The van der Waals surface area contributed by atoms with Crippen LogP contribution in [0.25, 0.3) is 0 Å². The Kier molecular flexibility index (Phi) is 4.38. The summed E-state index contributed by atoms with van der Waals surface area (Å²) in [6.45, 7) is 3.54. The Morgan fingerprint density at radius 1 is 1.00 bits per heavy atom. The minimum atomic E-state index is -0.620. The molecule has 0 aromatic heterocycles. The number of benzene rings is 2. The number of aryl methyl sites for hydroxylation is 1. The van der Waals surface area contributed by atoms with Gasteiger partial charge in [-0.05, 0) is 65.2 Å². The lowest BCUT2D eigenvalue weighted by molar-refractivity contribution is 0.577. The molecule has 1 unspecified atom stereocenters. The number of hydrogen-bond donors (Lipinski definition) is 1. The molecule has 0 aliphatic carbocycles. The molecule has 5 heteroatoms. The van der Waals surface area contributed by atoms with Gasteiger partial charge in [0.25, 0.3) is 0 Å². The van der Waals surface area contributed by atoms with Crippen molar-refractivity contribution in [1.29, 1.82) is 0 Å². The fraction of sp³-hybridized carbons (Fsp3) is 0.200. The van der Waals surface area contributed by atoms with Crippen LogP contribution < -0.4 is 5.32 Å². The lowest BCUT2D eigenvalue weighted by atomic mass is 10.1. The van der Waals surface area contributed by atoms with Gasteiger partial charge in [0.1, 0.15) is 17.5 Å². The summed E-state index contributed by atoms with van der Waals surface area (Å²) in [5, 5.41) is 3.12. The van der Waals surface area contributed by atoms with E-state index in [1.165, 1.54) is 18.2 Å². The fourth-order valence-corrected chi connectivity index (χ4v) is 2.29. The quantitative estimate of drug-likeness (QED) is 0.792. The maximum absolute atomic E-state index is 13.4. The van der Waals surface area contributed by atoms with Crippen LogP contribution in [0.2, 0.25) is 0 Å². The molecule has 0 fully saturated rings. The smallest absolute Gasteiger partial charge is 0.137 e. The van der Waals surface area contributed by atoms with Crippen molar-refractivity contribution in [3.63, 3.8) is 0 Å². The van der Waals surface area contributed by atoms with E-state index in [2.05, 4.69) is 21.2 Å². The van der Waals surface area contributed by atoms with E-state index in [-0.39, 0.29) is 11.9 Å². The third-order valence-electron chi connectivity index (χ3n) is 3.02. The Hall–Kier alpha value is -1.49. The van der Waals surface area contributed by atoms with Crippen molar-refractivity contribution in [1.82, 2.24) is 0 Å². The SMILES string of the molecule is Cc1cc(F)c(Br)cc1NC(C)c1cc(F)cc(F)c1. The third-order valence-corrected chi connectivity index (χ3v) is 3.63. The topological polar surface area (TPSA) is 12.0 Å². The second-order valence-corrected chi connectivity index (χ2v) is 5.50. The maximum Gasteiger partial charge on any atom is 0.137 e. The molecule has 1 N–H and O–H groups in total. The van der Waals surface area contributed by atoms with Crippen molar-refractivity contribution in [3.8, 4) is 0 Å². The minimum absolute atomic E-state index is 0.309. The Balaban J connectivity index is 2.27. The van der Waals surface area contributed by atoms with Crippen LogP contribution in [0.15, 0.2) is 34.8 Å². The molecule has 0 amide bonds. The van der Waals surface area contributed by atoms with Gasteiger partial charge in [0.05, 0.1) is 4.47 Å². The van der Waals surface area contributed by atoms with Gasteiger partial charge in [-0.3, -0.25) is 0 Å². The van der Waals surface area contributed by atoms with Gasteiger partial charge in [-0.25, -0.2) is 13.2 Å². The van der Waals surface area contributed by atoms with Crippen molar-refractivity contribution in [2.75, 3.05) is 5.32 Å². The van der Waals surface area contributed by atoms with Crippen LogP contribution >= 0.6 is 15.9 Å². The highest BCUT2D eigenvalue weighted by atomic mass is 79.9. The molecule has 0 bridgehead atoms. The largest absolute Gasteiger partial charge is 0.378 e. The zero-order valence-corrected chi connectivity index (χ0v) is 12.6. The summed E-state index contributed by atoms with van der Waals surface area (Å²) in [6.07, 6.45) is 0. The van der Waals surface area contributed by atoms with Crippen LogP contribution in [0.1, 0.15) is 24.1 Å². The number of nitrogens with one attached hydrogen (secondary N) is 1. The summed E-state index contributed by atoms with van der Waals surface area (Å²) in [7, 11) is 0. The average Bonchev–Trinajstić information content (AvgIpc) is 2.34. The summed E-state index contributed by atoms with van der Waals surface area (Å²) < 4.78 is 40.1. The molecule has 1 atom stereocenters. The van der Waals surface area contributed by atoms with Crippen LogP contribution in [-0.4, -0.2) is 0 Å². The number of rotatable bonds is 3. The van der Waals surface area contributed by atoms with E-state index in [1.807, 2.05) is 0 Å². The van der Waals surface area contributed by atoms with E-state index < -0.39 is 11.6 Å². The van der Waals surface area contributed by atoms with Crippen LogP contribution in [0.3, 0.4) is 0 Å². The molecule has 0 spiro atoms. The van der Waals surface area contributed by atoms with Crippen molar-refractivity contribution < 1.29 is 13.2 Å². The van der Waals surface area contributed by atoms with Crippen LogP contribution in [0.5, 0.6) is 0 Å². The maximum atomic E-state index is 13.4. The molecule has 2 aromatic rings. The molecular weight excluding hydrogens is 331 g/mol. The van der Waals surface area contributed by atoms with Gasteiger partial charge < -0.3 is 5.32 Å². The summed E-state index contributed by atoms with van der Waals surface area (Å²) >= 11 is 3.11. The van der Waals surface area contributed by atoms with Gasteiger partial charge in [0, 0.05) is 17.8 Å². The first-order chi connectivity index (χ1) is 9.36. The van der Waals surface area contributed by atoms with Crippen LogP contribution in [0.4, 0.5) is 18.9 Å². The Labute approximate surface area is 123 Å². The Morgan fingerprint density at radius 3 is 2.20 bits per heavy atom. The first-order valence-electron chi connectivity index (χ1n) is 6.05. The van der Waals surface area contributed by atoms with Gasteiger partial charge in [-0.15, -0.1) is 0 Å². The van der Waals surface area contributed by atoms with E-state index in [0.29, 0.717) is 15.7 Å². The van der Waals surface area contributed by atoms with E-state index in [0.717, 1.165) is 11.6 Å². The molecular formula is C15H13BrF3N. The number of anilines is 1. The number of halogens is 4. The lowest BCUT2D eigenvalue weighted by Gasteiger charge is -2.18. The van der Waals surface area contributed by atoms with E-state index in [4.69, 9.17) is 0 Å². The highest BCUT2D eigenvalue weighted by Gasteiger charge is 2.11. The lowest BCUT2D eigenvalue weighted by Crippen LogP contribution is -2.08. The third kappa shape index (κ3) is 3.33. The number of hydrogen-bond acceptors (Lipinski definition) is 1. The second-order valence-electron chi connectivity index (χ2n) is 4.65. The zero-order valence-electron chi connectivity index (χ0n) is 11.0. The van der Waals surface area contributed by atoms with Gasteiger partial charge in [0.2, 0.25) is 0 Å². The van der Waals surface area contributed by atoms with Crippen LogP contribution in [0, 0.1) is 24.4 Å². The normalized spacial score (nSPS) is 12.3. The molecule has 0 heterocycles. The summed E-state index contributed by atoms with van der Waals surface area (Å²) in [4.78, 5) is 0. The average molecular weight is 344 g/mol. The van der Waals surface area contributed by atoms with E-state index in [9.17, 15) is 13.2 Å². The Morgan fingerprint density at radius 2 is 1.60 bits per heavy atom. The van der Waals surface area contributed by atoms with Crippen molar-refractivity contribution in [3.05, 3.63) is 63.4 Å². The first kappa shape index (κ1) is 14.9. The highest BCUT2D eigenvalue weighted by Crippen LogP contribution is 2.28. The highest BCUT2D eigenvalue weighted by molar-refractivity contribution is 9.10. The zero-order chi connectivity index (χ0) is 14.9. The molecule has 0 saturated carbocycles. The van der Waals surface area contributed by atoms with Crippen LogP contribution in [-0.2, 0) is 0 Å². The van der Waals surface area contributed by atoms with Crippen molar-refractivity contribution in [2.24, 2.45) is 0 Å². The molecule has 0 saturated heterocycles. The summed E-state index contributed by atoms with van der Waals surface area (Å²) in [5.74, 6) is -1.59. The fourth-order valence-electron chi connectivity index (χ4n) is 1.94. The molecule has 2 rings (SSSR count). The molecule has 0 aliphatic heterocycles. The van der Waals surface area contributed by atoms with Gasteiger partial charge >= 0.3 is 0 Å². The Bertz CT molecular complexity index is 623. The molecule has 0 aliphatic rings. The van der Waals surface area contributed by atoms with E-state index in [1.54, 1.807) is 19.9 Å². The first-order valence-corrected chi connectivity index (χ1v) is 6.84. The molecule has 106 valence electrons. The van der Waals surface area contributed by atoms with Crippen molar-refractivity contribution in [2.45, 2.75) is 19.9 Å². The van der Waals surface area contributed by atoms with Gasteiger partial charge in [0.15, 0.2) is 0 Å². The molecule has 0 radical (unpaired) electrons. The standard InChI is InChI=1S/C15H13BrF3N/c1-8-3-14(19)13(16)7-15(8)20-9(2)10-4-11(17)6-12(18)5-10/h3-7,9,20H,1-2H3. The summed E-state index contributed by atoms with van der Waals surface area (Å²) in [6, 6.07) is 6.07. The molecule has 20 heavy (non-hydrogen) atoms. The molecule has 2 aromatic carbocycles. The van der Waals surface area contributed by atoms with Gasteiger partial charge in [-0.1, -0.05) is 0 Å². The minimum Gasteiger partial charge on any atom is -0.378 e.